The van der Waals surface area contributed by atoms with Crippen LogP contribution in [0.25, 0.3) is 6.08 Å². The normalized spacial score (nSPS) is 10.6. The second kappa shape index (κ2) is 10.7. The number of esters is 1. The average molecular weight is 428 g/mol. The molecule has 0 aliphatic rings. The third-order valence-electron chi connectivity index (χ3n) is 4.48. The van der Waals surface area contributed by atoms with Crippen LogP contribution in [0.1, 0.15) is 34.0 Å². The fourth-order valence-electron chi connectivity index (χ4n) is 3.02. The summed E-state index contributed by atoms with van der Waals surface area (Å²) in [4.78, 5) is 35.8. The minimum absolute atomic E-state index is 0.205. The van der Waals surface area contributed by atoms with Gasteiger partial charge in [-0.2, -0.15) is 0 Å². The van der Waals surface area contributed by atoms with Crippen LogP contribution in [0.3, 0.4) is 0 Å². The molecule has 0 spiro atoms. The number of amides is 2. The first kappa shape index (κ1) is 22.5. The number of nitrogens with one attached hydrogen (secondary N) is 2. The van der Waals surface area contributed by atoms with Crippen molar-refractivity contribution in [3.8, 4) is 5.75 Å². The van der Waals surface area contributed by atoms with Crippen LogP contribution in [0.4, 0.5) is 5.69 Å². The average Bonchev–Trinajstić information content (AvgIpc) is 2.76. The van der Waals surface area contributed by atoms with E-state index in [1.165, 1.54) is 19.1 Å². The molecule has 0 fully saturated rings. The predicted octanol–water partition coefficient (Wildman–Crippen LogP) is 4.50. The molecular weight excluding hydrogens is 404 g/mol. The summed E-state index contributed by atoms with van der Waals surface area (Å²) in [6.45, 7) is 3.62. The summed E-state index contributed by atoms with van der Waals surface area (Å²) >= 11 is 0. The monoisotopic (exact) mass is 428 g/mol. The van der Waals surface area contributed by atoms with Gasteiger partial charge in [0.05, 0.1) is 0 Å². The summed E-state index contributed by atoms with van der Waals surface area (Å²) in [6.07, 6.45) is 3.26. The number of ether oxygens (including phenoxy) is 1. The number of hydrogen-bond acceptors (Lipinski definition) is 4. The predicted molar refractivity (Wildman–Crippen MR) is 124 cm³/mol. The van der Waals surface area contributed by atoms with Gasteiger partial charge in [0.25, 0.3) is 5.91 Å². The molecule has 6 nitrogen and oxygen atoms in total. The van der Waals surface area contributed by atoms with Crippen molar-refractivity contribution in [2.75, 3.05) is 5.32 Å². The van der Waals surface area contributed by atoms with Crippen molar-refractivity contribution in [3.05, 3.63) is 101 Å². The van der Waals surface area contributed by atoms with Gasteiger partial charge in [0.1, 0.15) is 5.75 Å². The number of anilines is 1. The van der Waals surface area contributed by atoms with E-state index in [0.717, 1.165) is 16.7 Å². The van der Waals surface area contributed by atoms with Crippen LogP contribution in [0.5, 0.6) is 5.75 Å². The highest BCUT2D eigenvalue weighted by atomic mass is 16.5. The summed E-state index contributed by atoms with van der Waals surface area (Å²) < 4.78 is 5.02. The molecule has 0 saturated heterocycles. The second-order valence-corrected chi connectivity index (χ2v) is 7.24. The third kappa shape index (κ3) is 6.95. The van der Waals surface area contributed by atoms with E-state index in [1.807, 2.05) is 37.3 Å². The molecule has 3 aromatic carbocycles. The smallest absolute Gasteiger partial charge is 0.308 e. The van der Waals surface area contributed by atoms with Crippen LogP contribution in [-0.4, -0.2) is 17.8 Å². The zero-order chi connectivity index (χ0) is 22.9. The van der Waals surface area contributed by atoms with E-state index in [9.17, 15) is 14.4 Å². The quantitative estimate of drug-likeness (QED) is 0.330. The van der Waals surface area contributed by atoms with Crippen LogP contribution in [0.15, 0.2) is 78.9 Å². The van der Waals surface area contributed by atoms with E-state index in [4.69, 9.17) is 4.74 Å². The van der Waals surface area contributed by atoms with Crippen molar-refractivity contribution in [1.29, 1.82) is 0 Å². The summed E-state index contributed by atoms with van der Waals surface area (Å²) in [5, 5.41) is 5.65. The zero-order valence-electron chi connectivity index (χ0n) is 17.9. The van der Waals surface area contributed by atoms with Gasteiger partial charge in [-0.05, 0) is 54.5 Å². The van der Waals surface area contributed by atoms with Gasteiger partial charge in [-0.1, -0.05) is 48.0 Å². The molecule has 2 N–H and O–H groups in total. The van der Waals surface area contributed by atoms with Gasteiger partial charge < -0.3 is 15.4 Å². The maximum atomic E-state index is 12.5. The Morgan fingerprint density at radius 1 is 0.938 bits per heavy atom. The van der Waals surface area contributed by atoms with Crippen LogP contribution in [-0.2, 0) is 16.1 Å². The topological polar surface area (TPSA) is 84.5 Å². The van der Waals surface area contributed by atoms with Crippen LogP contribution < -0.4 is 15.4 Å². The van der Waals surface area contributed by atoms with Crippen LogP contribution in [0.2, 0.25) is 0 Å². The largest absolute Gasteiger partial charge is 0.427 e. The Morgan fingerprint density at radius 2 is 1.72 bits per heavy atom. The molecule has 3 aromatic rings. The highest BCUT2D eigenvalue weighted by molar-refractivity contribution is 6.04. The van der Waals surface area contributed by atoms with E-state index in [1.54, 1.807) is 42.5 Å². The molecule has 0 radical (unpaired) electrons. The Labute approximate surface area is 186 Å². The minimum atomic E-state index is -0.453. The SMILES string of the molecule is CC(=O)Oc1cccc(C(=O)Nc2cccc(CNC(=O)/C=C/c3cccc(C)c3)c2)c1. The van der Waals surface area contributed by atoms with Crippen LogP contribution in [0, 0.1) is 6.92 Å². The fraction of sp³-hybridized carbons (Fsp3) is 0.115. The van der Waals surface area contributed by atoms with E-state index < -0.39 is 5.97 Å². The Kier molecular flexibility index (Phi) is 7.54. The van der Waals surface area contributed by atoms with Gasteiger partial charge in [0, 0.05) is 30.8 Å². The standard InChI is InChI=1S/C26H24N2O4/c1-18-6-3-7-20(14-18)12-13-25(30)27-17-21-8-4-10-23(15-21)28-26(31)22-9-5-11-24(16-22)32-19(2)29/h3-16H,17H2,1-2H3,(H,27,30)(H,28,31)/b13-12+. The molecule has 0 aliphatic carbocycles. The van der Waals surface area contributed by atoms with Gasteiger partial charge in [-0.3, -0.25) is 14.4 Å². The highest BCUT2D eigenvalue weighted by Gasteiger charge is 2.09. The number of rotatable bonds is 7. The molecular formula is C26H24N2O4. The molecule has 2 amide bonds. The van der Waals surface area contributed by atoms with E-state index in [0.29, 0.717) is 23.5 Å². The summed E-state index contributed by atoms with van der Waals surface area (Å²) in [5.74, 6) is -0.684. The Hall–Kier alpha value is -4.19. The number of hydrogen-bond donors (Lipinski definition) is 2. The Balaban J connectivity index is 1.57. The lowest BCUT2D eigenvalue weighted by Crippen LogP contribution is -2.20. The maximum Gasteiger partial charge on any atom is 0.308 e. The number of carbonyl (C=O) groups is 3. The molecule has 0 atom stereocenters. The van der Waals surface area contributed by atoms with Gasteiger partial charge in [-0.25, -0.2) is 0 Å². The molecule has 0 heterocycles. The highest BCUT2D eigenvalue weighted by Crippen LogP contribution is 2.16. The maximum absolute atomic E-state index is 12.5. The Morgan fingerprint density at radius 3 is 2.50 bits per heavy atom. The van der Waals surface area contributed by atoms with Crippen molar-refractivity contribution in [2.24, 2.45) is 0 Å². The first-order valence-electron chi connectivity index (χ1n) is 10.1. The molecule has 32 heavy (non-hydrogen) atoms. The molecule has 0 unspecified atom stereocenters. The lowest BCUT2D eigenvalue weighted by atomic mass is 10.1. The molecule has 162 valence electrons. The first-order chi connectivity index (χ1) is 15.4. The third-order valence-corrected chi connectivity index (χ3v) is 4.48. The lowest BCUT2D eigenvalue weighted by Gasteiger charge is -2.09. The number of carbonyl (C=O) groups excluding carboxylic acids is 3. The number of benzene rings is 3. The molecule has 3 rings (SSSR count). The van der Waals surface area contributed by atoms with Crippen molar-refractivity contribution >= 4 is 29.5 Å². The number of aryl methyl sites for hydroxylation is 1. The van der Waals surface area contributed by atoms with Gasteiger partial charge in [0.2, 0.25) is 5.91 Å². The molecule has 0 bridgehead atoms. The fourth-order valence-corrected chi connectivity index (χ4v) is 3.02. The van der Waals surface area contributed by atoms with E-state index in [2.05, 4.69) is 10.6 Å². The van der Waals surface area contributed by atoms with E-state index in [-0.39, 0.29) is 11.8 Å². The van der Waals surface area contributed by atoms with Gasteiger partial charge in [0.15, 0.2) is 0 Å². The molecule has 6 heteroatoms. The molecule has 0 saturated carbocycles. The summed E-state index contributed by atoms with van der Waals surface area (Å²) in [6, 6.07) is 21.5. The molecule has 0 aromatic heterocycles. The lowest BCUT2D eigenvalue weighted by molar-refractivity contribution is -0.131. The Bertz CT molecular complexity index is 1170. The van der Waals surface area contributed by atoms with Crippen molar-refractivity contribution in [3.63, 3.8) is 0 Å². The van der Waals surface area contributed by atoms with Gasteiger partial charge in [-0.15, -0.1) is 0 Å². The van der Waals surface area contributed by atoms with Crippen molar-refractivity contribution < 1.29 is 19.1 Å². The minimum Gasteiger partial charge on any atom is -0.427 e. The van der Waals surface area contributed by atoms with E-state index >= 15 is 0 Å². The zero-order valence-corrected chi connectivity index (χ0v) is 17.9. The van der Waals surface area contributed by atoms with Crippen molar-refractivity contribution in [2.45, 2.75) is 20.4 Å². The first-order valence-corrected chi connectivity index (χ1v) is 10.1. The van der Waals surface area contributed by atoms with Gasteiger partial charge >= 0.3 is 5.97 Å². The van der Waals surface area contributed by atoms with Crippen LogP contribution >= 0.6 is 0 Å². The van der Waals surface area contributed by atoms with Crippen molar-refractivity contribution in [1.82, 2.24) is 5.32 Å². The second-order valence-electron chi connectivity index (χ2n) is 7.24. The molecule has 0 aliphatic heterocycles. The summed E-state index contributed by atoms with van der Waals surface area (Å²) in [7, 11) is 0. The summed E-state index contributed by atoms with van der Waals surface area (Å²) in [5.41, 5.74) is 3.89.